The van der Waals surface area contributed by atoms with Crippen LogP contribution in [0.1, 0.15) is 27.0 Å². The summed E-state index contributed by atoms with van der Waals surface area (Å²) in [5, 5.41) is 0. The molecule has 0 bridgehead atoms. The minimum atomic E-state index is 0.0185. The number of benzene rings is 1. The Morgan fingerprint density at radius 2 is 2.00 bits per heavy atom. The number of hydrogen-bond donors (Lipinski definition) is 0. The number of carbonyl (C=O) groups excluding carboxylic acids is 1. The number of rotatable bonds is 2. The highest BCUT2D eigenvalue weighted by molar-refractivity contribution is 6.09. The first-order valence-electron chi connectivity index (χ1n) is 4.82. The Labute approximate surface area is 88.5 Å². The molecule has 2 nitrogen and oxygen atoms in total. The van der Waals surface area contributed by atoms with Crippen LogP contribution in [-0.2, 0) is 0 Å². The number of furan rings is 1. The Balaban J connectivity index is 2.46. The second kappa shape index (κ2) is 3.73. The van der Waals surface area contributed by atoms with Crippen LogP contribution in [0.2, 0.25) is 0 Å². The highest BCUT2D eigenvalue weighted by atomic mass is 16.3. The van der Waals surface area contributed by atoms with Crippen LogP contribution in [0.15, 0.2) is 41.2 Å². The maximum absolute atomic E-state index is 12.0. The van der Waals surface area contributed by atoms with Gasteiger partial charge in [0, 0.05) is 5.56 Å². The van der Waals surface area contributed by atoms with Crippen molar-refractivity contribution in [2.45, 2.75) is 13.8 Å². The average molecular weight is 200 g/mol. The van der Waals surface area contributed by atoms with Gasteiger partial charge in [-0.1, -0.05) is 17.7 Å². The molecule has 0 N–H and O–H groups in total. The zero-order valence-corrected chi connectivity index (χ0v) is 8.78. The highest BCUT2D eigenvalue weighted by Gasteiger charge is 2.12. The van der Waals surface area contributed by atoms with Crippen molar-refractivity contribution in [3.8, 4) is 0 Å². The summed E-state index contributed by atoms with van der Waals surface area (Å²) in [5.74, 6) is 0.0185. The predicted molar refractivity (Wildman–Crippen MR) is 58.1 cm³/mol. The van der Waals surface area contributed by atoms with Crippen LogP contribution in [0.3, 0.4) is 0 Å². The van der Waals surface area contributed by atoms with Gasteiger partial charge in [0.15, 0.2) is 5.78 Å². The molecule has 2 rings (SSSR count). The van der Waals surface area contributed by atoms with Gasteiger partial charge in [-0.05, 0) is 31.5 Å². The van der Waals surface area contributed by atoms with Gasteiger partial charge < -0.3 is 4.42 Å². The molecule has 0 saturated carbocycles. The van der Waals surface area contributed by atoms with Crippen molar-refractivity contribution in [1.29, 1.82) is 0 Å². The van der Waals surface area contributed by atoms with E-state index in [2.05, 4.69) is 0 Å². The lowest BCUT2D eigenvalue weighted by Gasteiger charge is -2.04. The summed E-state index contributed by atoms with van der Waals surface area (Å²) in [6, 6.07) is 7.55. The molecule has 0 aliphatic rings. The molecule has 76 valence electrons. The molecule has 1 heterocycles. The maximum atomic E-state index is 12.0. The minimum Gasteiger partial charge on any atom is -0.472 e. The fourth-order valence-corrected chi connectivity index (χ4v) is 1.53. The van der Waals surface area contributed by atoms with E-state index in [0.29, 0.717) is 5.56 Å². The molecule has 0 unspecified atom stereocenters. The second-order valence-corrected chi connectivity index (χ2v) is 3.66. The Bertz CT molecular complexity index is 481. The van der Waals surface area contributed by atoms with Gasteiger partial charge >= 0.3 is 0 Å². The Kier molecular flexibility index (Phi) is 2.42. The molecule has 2 aromatic rings. The molecule has 0 aliphatic heterocycles. The fourth-order valence-electron chi connectivity index (χ4n) is 1.53. The van der Waals surface area contributed by atoms with E-state index in [1.807, 2.05) is 32.0 Å². The molecular formula is C13H12O2. The highest BCUT2D eigenvalue weighted by Crippen LogP contribution is 2.15. The molecule has 0 radical (unpaired) electrons. The number of carbonyl (C=O) groups is 1. The van der Waals surface area contributed by atoms with Gasteiger partial charge in [0.25, 0.3) is 0 Å². The topological polar surface area (TPSA) is 30.2 Å². The van der Waals surface area contributed by atoms with Crippen molar-refractivity contribution in [3.63, 3.8) is 0 Å². The smallest absolute Gasteiger partial charge is 0.196 e. The van der Waals surface area contributed by atoms with E-state index >= 15 is 0 Å². The first kappa shape index (κ1) is 9.71. The molecule has 0 aliphatic carbocycles. The van der Waals surface area contributed by atoms with Gasteiger partial charge in [-0.3, -0.25) is 4.79 Å². The maximum Gasteiger partial charge on any atom is 0.196 e. The predicted octanol–water partition coefficient (Wildman–Crippen LogP) is 3.13. The number of aryl methyl sites for hydroxylation is 2. The quantitative estimate of drug-likeness (QED) is 0.697. The molecule has 0 saturated heterocycles. The van der Waals surface area contributed by atoms with Crippen molar-refractivity contribution in [1.82, 2.24) is 0 Å². The Morgan fingerprint density at radius 1 is 1.20 bits per heavy atom. The van der Waals surface area contributed by atoms with E-state index in [-0.39, 0.29) is 5.78 Å². The summed E-state index contributed by atoms with van der Waals surface area (Å²) in [7, 11) is 0. The molecule has 0 atom stereocenters. The van der Waals surface area contributed by atoms with E-state index in [9.17, 15) is 4.79 Å². The first-order chi connectivity index (χ1) is 7.18. The van der Waals surface area contributed by atoms with E-state index < -0.39 is 0 Å². The monoisotopic (exact) mass is 200 g/mol. The third-order valence-corrected chi connectivity index (χ3v) is 2.42. The zero-order valence-electron chi connectivity index (χ0n) is 8.78. The van der Waals surface area contributed by atoms with Gasteiger partial charge in [0.1, 0.15) is 6.26 Å². The summed E-state index contributed by atoms with van der Waals surface area (Å²) in [4.78, 5) is 12.0. The summed E-state index contributed by atoms with van der Waals surface area (Å²) >= 11 is 0. The largest absolute Gasteiger partial charge is 0.472 e. The molecular weight excluding hydrogens is 188 g/mol. The number of ketones is 1. The lowest BCUT2D eigenvalue weighted by Crippen LogP contribution is -2.02. The van der Waals surface area contributed by atoms with Gasteiger partial charge in [-0.25, -0.2) is 0 Å². The standard InChI is InChI=1S/C13H12O2/c1-9-3-4-10(2)12(7-9)13(14)11-5-6-15-8-11/h3-8H,1-2H3. The van der Waals surface area contributed by atoms with Crippen LogP contribution in [0, 0.1) is 13.8 Å². The van der Waals surface area contributed by atoms with Crippen LogP contribution in [0.5, 0.6) is 0 Å². The lowest BCUT2D eigenvalue weighted by molar-refractivity contribution is 0.103. The van der Waals surface area contributed by atoms with Crippen LogP contribution in [0.25, 0.3) is 0 Å². The normalized spacial score (nSPS) is 10.3. The van der Waals surface area contributed by atoms with Crippen molar-refractivity contribution in [2.75, 3.05) is 0 Å². The number of hydrogen-bond acceptors (Lipinski definition) is 2. The summed E-state index contributed by atoms with van der Waals surface area (Å²) in [5.41, 5.74) is 3.43. The minimum absolute atomic E-state index is 0.0185. The van der Waals surface area contributed by atoms with Crippen molar-refractivity contribution in [2.24, 2.45) is 0 Å². The Morgan fingerprint density at radius 3 is 2.67 bits per heavy atom. The van der Waals surface area contributed by atoms with Gasteiger partial charge in [-0.2, -0.15) is 0 Å². The van der Waals surface area contributed by atoms with Crippen LogP contribution in [-0.4, -0.2) is 5.78 Å². The van der Waals surface area contributed by atoms with Gasteiger partial charge in [0.2, 0.25) is 0 Å². The van der Waals surface area contributed by atoms with Crippen molar-refractivity contribution >= 4 is 5.78 Å². The lowest BCUT2D eigenvalue weighted by atomic mass is 9.99. The third kappa shape index (κ3) is 1.84. The molecule has 0 fully saturated rings. The molecule has 15 heavy (non-hydrogen) atoms. The summed E-state index contributed by atoms with van der Waals surface area (Å²) in [6.07, 6.45) is 2.99. The second-order valence-electron chi connectivity index (χ2n) is 3.66. The van der Waals surface area contributed by atoms with Crippen molar-refractivity contribution in [3.05, 3.63) is 59.0 Å². The summed E-state index contributed by atoms with van der Waals surface area (Å²) < 4.78 is 4.91. The third-order valence-electron chi connectivity index (χ3n) is 2.42. The SMILES string of the molecule is Cc1ccc(C)c(C(=O)c2ccoc2)c1. The Hall–Kier alpha value is -1.83. The van der Waals surface area contributed by atoms with E-state index in [0.717, 1.165) is 16.7 Å². The van der Waals surface area contributed by atoms with E-state index in [4.69, 9.17) is 4.42 Å². The van der Waals surface area contributed by atoms with Crippen LogP contribution in [0.4, 0.5) is 0 Å². The van der Waals surface area contributed by atoms with Gasteiger partial charge in [-0.15, -0.1) is 0 Å². The van der Waals surface area contributed by atoms with Crippen LogP contribution >= 0.6 is 0 Å². The molecule has 1 aromatic heterocycles. The summed E-state index contributed by atoms with van der Waals surface area (Å²) in [6.45, 7) is 3.92. The van der Waals surface area contributed by atoms with Crippen molar-refractivity contribution < 1.29 is 9.21 Å². The van der Waals surface area contributed by atoms with Gasteiger partial charge in [0.05, 0.1) is 11.8 Å². The van der Waals surface area contributed by atoms with E-state index in [1.54, 1.807) is 6.07 Å². The zero-order chi connectivity index (χ0) is 10.8. The first-order valence-corrected chi connectivity index (χ1v) is 4.82. The van der Waals surface area contributed by atoms with E-state index in [1.165, 1.54) is 12.5 Å². The average Bonchev–Trinajstić information content (AvgIpc) is 2.74. The molecule has 1 aromatic carbocycles. The molecule has 0 amide bonds. The molecule has 0 spiro atoms. The van der Waals surface area contributed by atoms with Crippen LogP contribution < -0.4 is 0 Å². The fraction of sp³-hybridized carbons (Fsp3) is 0.154. The molecule has 2 heteroatoms.